The first kappa shape index (κ1) is 11.6. The molecule has 1 amide bonds. The van der Waals surface area contributed by atoms with Crippen LogP contribution in [0.4, 0.5) is 4.39 Å². The second-order valence-electron chi connectivity index (χ2n) is 3.87. The lowest BCUT2D eigenvalue weighted by Crippen LogP contribution is -2.20. The molecule has 0 saturated heterocycles. The van der Waals surface area contributed by atoms with Gasteiger partial charge in [0.15, 0.2) is 6.61 Å². The molecule has 0 atom stereocenters. The van der Waals surface area contributed by atoms with Crippen LogP contribution >= 0.6 is 0 Å². The maximum Gasteiger partial charge on any atom is 0.255 e. The first-order chi connectivity index (χ1) is 8.10. The molecule has 0 fully saturated rings. The standard InChI is InChI=1S/C12H12FNO3/c13-11-4-9(17-6-12(14)16)3-8-1-7(5-15)2-10(8)11/h1,3-4,15H,2,5-6H2,(H2,14,16). The lowest BCUT2D eigenvalue weighted by molar-refractivity contribution is -0.119. The number of carbonyl (C=O) groups is 1. The topological polar surface area (TPSA) is 72.6 Å². The van der Waals surface area contributed by atoms with E-state index in [0.717, 1.165) is 5.57 Å². The van der Waals surface area contributed by atoms with Gasteiger partial charge in [0.1, 0.15) is 11.6 Å². The molecule has 0 heterocycles. The monoisotopic (exact) mass is 237 g/mol. The zero-order valence-electron chi connectivity index (χ0n) is 9.07. The van der Waals surface area contributed by atoms with Crippen molar-refractivity contribution in [1.29, 1.82) is 0 Å². The molecule has 1 aliphatic carbocycles. The quantitative estimate of drug-likeness (QED) is 0.806. The summed E-state index contributed by atoms with van der Waals surface area (Å²) >= 11 is 0. The Kier molecular flexibility index (Phi) is 3.10. The highest BCUT2D eigenvalue weighted by Crippen LogP contribution is 2.30. The number of fused-ring (bicyclic) bond motifs is 1. The predicted octanol–water partition coefficient (Wildman–Crippen LogP) is 0.622. The van der Waals surface area contributed by atoms with Crippen LogP contribution < -0.4 is 10.5 Å². The molecule has 4 nitrogen and oxygen atoms in total. The molecule has 5 heteroatoms. The summed E-state index contributed by atoms with van der Waals surface area (Å²) < 4.78 is 18.7. The van der Waals surface area contributed by atoms with Crippen molar-refractivity contribution in [2.45, 2.75) is 6.42 Å². The van der Waals surface area contributed by atoms with Crippen LogP contribution in [0.1, 0.15) is 11.1 Å². The van der Waals surface area contributed by atoms with Crippen molar-refractivity contribution in [2.24, 2.45) is 5.73 Å². The van der Waals surface area contributed by atoms with Crippen LogP contribution in [0, 0.1) is 5.82 Å². The minimum Gasteiger partial charge on any atom is -0.484 e. The van der Waals surface area contributed by atoms with Crippen LogP contribution in [0.25, 0.3) is 6.08 Å². The fourth-order valence-electron chi connectivity index (χ4n) is 1.78. The molecule has 0 radical (unpaired) electrons. The van der Waals surface area contributed by atoms with Crippen LogP contribution in [0.2, 0.25) is 0 Å². The fraction of sp³-hybridized carbons (Fsp3) is 0.250. The van der Waals surface area contributed by atoms with E-state index in [-0.39, 0.29) is 19.0 Å². The van der Waals surface area contributed by atoms with Gasteiger partial charge in [-0.2, -0.15) is 0 Å². The molecule has 2 rings (SSSR count). The first-order valence-corrected chi connectivity index (χ1v) is 5.14. The average Bonchev–Trinajstić information content (AvgIpc) is 2.70. The van der Waals surface area contributed by atoms with Gasteiger partial charge < -0.3 is 15.6 Å². The van der Waals surface area contributed by atoms with Crippen molar-refractivity contribution < 1.29 is 19.0 Å². The maximum absolute atomic E-state index is 13.7. The molecular formula is C12H12FNO3. The molecule has 0 saturated carbocycles. The van der Waals surface area contributed by atoms with Crippen LogP contribution in [0.3, 0.4) is 0 Å². The Bertz CT molecular complexity index is 497. The molecule has 0 spiro atoms. The van der Waals surface area contributed by atoms with E-state index in [9.17, 15) is 9.18 Å². The van der Waals surface area contributed by atoms with Gasteiger partial charge in [-0.15, -0.1) is 0 Å². The van der Waals surface area contributed by atoms with Gasteiger partial charge in [-0.25, -0.2) is 4.39 Å². The Morgan fingerprint density at radius 1 is 1.53 bits per heavy atom. The number of halogens is 1. The summed E-state index contributed by atoms with van der Waals surface area (Å²) in [7, 11) is 0. The van der Waals surface area contributed by atoms with Gasteiger partial charge in [0.05, 0.1) is 6.61 Å². The number of carbonyl (C=O) groups excluding carboxylic acids is 1. The highest BCUT2D eigenvalue weighted by Gasteiger charge is 2.17. The number of nitrogens with two attached hydrogens (primary N) is 1. The zero-order valence-corrected chi connectivity index (χ0v) is 9.07. The zero-order chi connectivity index (χ0) is 12.4. The van der Waals surface area contributed by atoms with Gasteiger partial charge in [0.25, 0.3) is 5.91 Å². The normalized spacial score (nSPS) is 13.2. The summed E-state index contributed by atoms with van der Waals surface area (Å²) in [4.78, 5) is 10.5. The highest BCUT2D eigenvalue weighted by atomic mass is 19.1. The van der Waals surface area contributed by atoms with Gasteiger partial charge in [-0.1, -0.05) is 6.08 Å². The molecule has 17 heavy (non-hydrogen) atoms. The van der Waals surface area contributed by atoms with Gasteiger partial charge in [0, 0.05) is 6.07 Å². The second-order valence-corrected chi connectivity index (χ2v) is 3.87. The SMILES string of the molecule is NC(=O)COc1cc(F)c2c(c1)C=C(CO)C2. The third-order valence-electron chi connectivity index (χ3n) is 2.55. The fourth-order valence-corrected chi connectivity index (χ4v) is 1.78. The Morgan fingerprint density at radius 3 is 2.94 bits per heavy atom. The summed E-state index contributed by atoms with van der Waals surface area (Å²) in [5, 5.41) is 8.99. The maximum atomic E-state index is 13.7. The van der Waals surface area contributed by atoms with E-state index in [2.05, 4.69) is 0 Å². The number of hydrogen-bond acceptors (Lipinski definition) is 3. The van der Waals surface area contributed by atoms with Gasteiger partial charge in [-0.3, -0.25) is 4.79 Å². The lowest BCUT2D eigenvalue weighted by atomic mass is 10.1. The molecule has 0 unspecified atom stereocenters. The van der Waals surface area contributed by atoms with Crippen molar-refractivity contribution in [3.05, 3.63) is 34.6 Å². The van der Waals surface area contributed by atoms with E-state index in [4.69, 9.17) is 15.6 Å². The summed E-state index contributed by atoms with van der Waals surface area (Å²) in [6, 6.07) is 2.85. The molecule has 1 aliphatic rings. The van der Waals surface area contributed by atoms with Crippen molar-refractivity contribution in [3.8, 4) is 5.75 Å². The highest BCUT2D eigenvalue weighted by molar-refractivity contribution is 5.75. The molecule has 3 N–H and O–H groups in total. The number of rotatable bonds is 4. The number of aliphatic hydroxyl groups excluding tert-OH is 1. The number of ether oxygens (including phenoxy) is 1. The smallest absolute Gasteiger partial charge is 0.255 e. The van der Waals surface area contributed by atoms with Crippen molar-refractivity contribution in [3.63, 3.8) is 0 Å². The van der Waals surface area contributed by atoms with Crippen LogP contribution in [-0.4, -0.2) is 24.2 Å². The van der Waals surface area contributed by atoms with Gasteiger partial charge in [-0.05, 0) is 29.2 Å². The van der Waals surface area contributed by atoms with Crippen LogP contribution in [0.5, 0.6) is 5.75 Å². The summed E-state index contributed by atoms with van der Waals surface area (Å²) in [6.07, 6.45) is 2.13. The molecule has 1 aromatic carbocycles. The Balaban J connectivity index is 2.24. The van der Waals surface area contributed by atoms with Crippen molar-refractivity contribution in [1.82, 2.24) is 0 Å². The largest absolute Gasteiger partial charge is 0.484 e. The Hall–Kier alpha value is -1.88. The third-order valence-corrected chi connectivity index (χ3v) is 2.55. The summed E-state index contributed by atoms with van der Waals surface area (Å²) in [5.41, 5.74) is 6.90. The minimum absolute atomic E-state index is 0.0917. The molecule has 90 valence electrons. The minimum atomic E-state index is -0.613. The van der Waals surface area contributed by atoms with Crippen molar-refractivity contribution >= 4 is 12.0 Å². The number of primary amides is 1. The van der Waals surface area contributed by atoms with E-state index in [1.165, 1.54) is 6.07 Å². The van der Waals surface area contributed by atoms with Crippen LogP contribution in [-0.2, 0) is 11.2 Å². The average molecular weight is 237 g/mol. The third kappa shape index (κ3) is 2.45. The first-order valence-electron chi connectivity index (χ1n) is 5.14. The summed E-state index contributed by atoms with van der Waals surface area (Å²) in [6.45, 7) is -0.375. The number of aliphatic hydroxyl groups is 1. The van der Waals surface area contributed by atoms with Crippen molar-refractivity contribution in [2.75, 3.05) is 13.2 Å². The number of amides is 1. The Labute approximate surface area is 97.5 Å². The van der Waals surface area contributed by atoms with E-state index < -0.39 is 11.7 Å². The second kappa shape index (κ2) is 4.55. The number of benzene rings is 1. The summed E-state index contributed by atoms with van der Waals surface area (Å²) in [5.74, 6) is -0.755. The number of hydrogen-bond donors (Lipinski definition) is 2. The Morgan fingerprint density at radius 2 is 2.29 bits per heavy atom. The van der Waals surface area contributed by atoms with Gasteiger partial charge in [0.2, 0.25) is 0 Å². The van der Waals surface area contributed by atoms with E-state index in [0.29, 0.717) is 17.5 Å². The van der Waals surface area contributed by atoms with Gasteiger partial charge >= 0.3 is 0 Å². The van der Waals surface area contributed by atoms with E-state index in [1.54, 1.807) is 12.1 Å². The molecule has 0 bridgehead atoms. The van der Waals surface area contributed by atoms with E-state index >= 15 is 0 Å². The molecule has 1 aromatic rings. The predicted molar refractivity (Wildman–Crippen MR) is 59.9 cm³/mol. The van der Waals surface area contributed by atoms with Crippen LogP contribution in [0.15, 0.2) is 17.7 Å². The van der Waals surface area contributed by atoms with E-state index in [1.807, 2.05) is 0 Å². The molecule has 0 aliphatic heterocycles. The molecule has 0 aromatic heterocycles. The lowest BCUT2D eigenvalue weighted by Gasteiger charge is -2.07. The molecular weight excluding hydrogens is 225 g/mol.